The van der Waals surface area contributed by atoms with Gasteiger partial charge in [-0.2, -0.15) is 0 Å². The molecule has 5 heteroatoms. The van der Waals surface area contributed by atoms with E-state index in [0.717, 1.165) is 23.3 Å². The van der Waals surface area contributed by atoms with Crippen LogP contribution in [0, 0.1) is 0 Å². The summed E-state index contributed by atoms with van der Waals surface area (Å²) in [5, 5.41) is 2.93. The van der Waals surface area contributed by atoms with Crippen LogP contribution in [0.15, 0.2) is 24.4 Å². The van der Waals surface area contributed by atoms with Gasteiger partial charge in [-0.3, -0.25) is 4.79 Å². The Hall–Kier alpha value is -1.88. The number of amides is 1. The van der Waals surface area contributed by atoms with Crippen LogP contribution < -0.4 is 10.1 Å². The van der Waals surface area contributed by atoms with Crippen LogP contribution in [0.2, 0.25) is 0 Å². The van der Waals surface area contributed by atoms with Gasteiger partial charge in [0.1, 0.15) is 0 Å². The first kappa shape index (κ1) is 13.1. The van der Waals surface area contributed by atoms with E-state index in [-0.39, 0.29) is 5.91 Å². The van der Waals surface area contributed by atoms with E-state index in [1.54, 1.807) is 30.7 Å². The van der Waals surface area contributed by atoms with Crippen molar-refractivity contribution >= 4 is 17.2 Å². The first-order valence-corrected chi connectivity index (χ1v) is 7.46. The minimum absolute atomic E-state index is 0.000202. The van der Waals surface area contributed by atoms with Crippen molar-refractivity contribution in [1.29, 1.82) is 0 Å². The van der Waals surface area contributed by atoms with Crippen molar-refractivity contribution in [2.75, 3.05) is 7.11 Å². The molecule has 20 heavy (non-hydrogen) atoms. The van der Waals surface area contributed by atoms with Crippen LogP contribution in [0.3, 0.4) is 0 Å². The first-order valence-electron chi connectivity index (χ1n) is 6.65. The number of nitrogens with zero attached hydrogens (tertiary/aromatic N) is 1. The number of hydrogen-bond acceptors (Lipinski definition) is 4. The predicted molar refractivity (Wildman–Crippen MR) is 78.3 cm³/mol. The number of carbonyl (C=O) groups excluding carboxylic acids is 1. The summed E-state index contributed by atoms with van der Waals surface area (Å²) in [7, 11) is 1.58. The molecule has 104 valence electrons. The first-order chi connectivity index (χ1) is 9.76. The lowest BCUT2D eigenvalue weighted by molar-refractivity contribution is 0.0955. The standard InChI is InChI=1S/C15H16N2O2S/c1-19-14-6-5-10(8-16-14)9-17-15(18)13-7-11-3-2-4-12(11)20-13/h5-8H,2-4,9H2,1H3,(H,17,18). The lowest BCUT2D eigenvalue weighted by Crippen LogP contribution is -2.21. The molecular formula is C15H16N2O2S. The average molecular weight is 288 g/mol. The Morgan fingerprint density at radius 1 is 1.45 bits per heavy atom. The Kier molecular flexibility index (Phi) is 3.69. The Morgan fingerprint density at radius 2 is 2.35 bits per heavy atom. The summed E-state index contributed by atoms with van der Waals surface area (Å²) in [6.45, 7) is 0.485. The third-order valence-corrected chi connectivity index (χ3v) is 4.67. The summed E-state index contributed by atoms with van der Waals surface area (Å²) in [5.41, 5.74) is 2.31. The third-order valence-electron chi connectivity index (χ3n) is 3.43. The topological polar surface area (TPSA) is 51.2 Å². The smallest absolute Gasteiger partial charge is 0.261 e. The predicted octanol–water partition coefficient (Wildman–Crippen LogP) is 2.57. The van der Waals surface area contributed by atoms with E-state index in [0.29, 0.717) is 12.4 Å². The number of pyridine rings is 1. The van der Waals surface area contributed by atoms with Crippen molar-refractivity contribution in [3.8, 4) is 5.88 Å². The van der Waals surface area contributed by atoms with Gasteiger partial charge in [-0.05, 0) is 36.5 Å². The molecule has 0 saturated carbocycles. The molecule has 0 radical (unpaired) electrons. The number of hydrogen-bond donors (Lipinski definition) is 1. The van der Waals surface area contributed by atoms with Gasteiger partial charge in [0.25, 0.3) is 5.91 Å². The highest BCUT2D eigenvalue weighted by Crippen LogP contribution is 2.30. The molecule has 0 fully saturated rings. The van der Waals surface area contributed by atoms with Gasteiger partial charge in [0.15, 0.2) is 0 Å². The van der Waals surface area contributed by atoms with E-state index in [9.17, 15) is 4.79 Å². The molecular weight excluding hydrogens is 272 g/mol. The van der Waals surface area contributed by atoms with E-state index in [1.165, 1.54) is 16.9 Å². The zero-order valence-electron chi connectivity index (χ0n) is 11.3. The lowest BCUT2D eigenvalue weighted by atomic mass is 10.2. The molecule has 1 aliphatic carbocycles. The van der Waals surface area contributed by atoms with Crippen LogP contribution in [0.4, 0.5) is 0 Å². The van der Waals surface area contributed by atoms with Crippen LogP contribution in [0.1, 0.15) is 32.1 Å². The molecule has 0 saturated heterocycles. The van der Waals surface area contributed by atoms with Gasteiger partial charge in [0, 0.05) is 23.7 Å². The van der Waals surface area contributed by atoms with Crippen molar-refractivity contribution in [2.24, 2.45) is 0 Å². The molecule has 0 aliphatic heterocycles. The molecule has 0 atom stereocenters. The number of rotatable bonds is 4. The fourth-order valence-corrected chi connectivity index (χ4v) is 3.52. The number of aromatic nitrogens is 1. The second-order valence-corrected chi connectivity index (χ2v) is 5.94. The van der Waals surface area contributed by atoms with Gasteiger partial charge in [0.2, 0.25) is 5.88 Å². The van der Waals surface area contributed by atoms with Crippen molar-refractivity contribution < 1.29 is 9.53 Å². The van der Waals surface area contributed by atoms with E-state index in [2.05, 4.69) is 10.3 Å². The van der Waals surface area contributed by atoms with Crippen LogP contribution >= 0.6 is 11.3 Å². The highest BCUT2D eigenvalue weighted by atomic mass is 32.1. The highest BCUT2D eigenvalue weighted by Gasteiger charge is 2.18. The number of thiophene rings is 1. The van der Waals surface area contributed by atoms with Crippen LogP contribution in [-0.4, -0.2) is 18.0 Å². The van der Waals surface area contributed by atoms with Gasteiger partial charge in [-0.15, -0.1) is 11.3 Å². The summed E-state index contributed by atoms with van der Waals surface area (Å²) in [4.78, 5) is 18.4. The monoisotopic (exact) mass is 288 g/mol. The van der Waals surface area contributed by atoms with Crippen molar-refractivity contribution in [1.82, 2.24) is 10.3 Å². The Morgan fingerprint density at radius 3 is 3.05 bits per heavy atom. The molecule has 2 aromatic rings. The van der Waals surface area contributed by atoms with E-state index < -0.39 is 0 Å². The van der Waals surface area contributed by atoms with Crippen LogP contribution in [0.25, 0.3) is 0 Å². The van der Waals surface area contributed by atoms with Gasteiger partial charge >= 0.3 is 0 Å². The van der Waals surface area contributed by atoms with Crippen LogP contribution in [-0.2, 0) is 19.4 Å². The van der Waals surface area contributed by atoms with Crippen LogP contribution in [0.5, 0.6) is 5.88 Å². The molecule has 2 heterocycles. The van der Waals surface area contributed by atoms with Gasteiger partial charge in [-0.1, -0.05) is 6.07 Å². The number of methoxy groups -OCH3 is 1. The molecule has 1 amide bonds. The maximum Gasteiger partial charge on any atom is 0.261 e. The number of ether oxygens (including phenoxy) is 1. The number of aryl methyl sites for hydroxylation is 2. The van der Waals surface area contributed by atoms with E-state index >= 15 is 0 Å². The lowest BCUT2D eigenvalue weighted by Gasteiger charge is -2.04. The Bertz CT molecular complexity index is 598. The van der Waals surface area contributed by atoms with Gasteiger partial charge in [-0.25, -0.2) is 4.98 Å². The molecule has 1 N–H and O–H groups in total. The van der Waals surface area contributed by atoms with E-state index in [1.807, 2.05) is 12.1 Å². The Balaban J connectivity index is 1.60. The number of carbonyl (C=O) groups is 1. The summed E-state index contributed by atoms with van der Waals surface area (Å²) in [6.07, 6.45) is 5.17. The summed E-state index contributed by atoms with van der Waals surface area (Å²) < 4.78 is 5.00. The maximum absolute atomic E-state index is 12.1. The second kappa shape index (κ2) is 5.63. The zero-order valence-corrected chi connectivity index (χ0v) is 12.1. The van der Waals surface area contributed by atoms with E-state index in [4.69, 9.17) is 4.74 Å². The normalized spacial score (nSPS) is 13.1. The molecule has 2 aromatic heterocycles. The summed E-state index contributed by atoms with van der Waals surface area (Å²) >= 11 is 1.62. The Labute approximate surface area is 121 Å². The average Bonchev–Trinajstić information content (AvgIpc) is 3.06. The summed E-state index contributed by atoms with van der Waals surface area (Å²) in [5.74, 6) is 0.579. The van der Waals surface area contributed by atoms with Crippen molar-refractivity contribution in [2.45, 2.75) is 25.8 Å². The minimum Gasteiger partial charge on any atom is -0.481 e. The van der Waals surface area contributed by atoms with Crippen molar-refractivity contribution in [3.63, 3.8) is 0 Å². The SMILES string of the molecule is COc1ccc(CNC(=O)c2cc3c(s2)CCC3)cn1. The zero-order chi connectivity index (χ0) is 13.9. The second-order valence-electron chi connectivity index (χ2n) is 4.80. The number of nitrogens with one attached hydrogen (secondary N) is 1. The maximum atomic E-state index is 12.1. The van der Waals surface area contributed by atoms with Gasteiger partial charge < -0.3 is 10.1 Å². The molecule has 1 aliphatic rings. The highest BCUT2D eigenvalue weighted by molar-refractivity contribution is 7.14. The fourth-order valence-electron chi connectivity index (χ4n) is 2.35. The number of fused-ring (bicyclic) bond motifs is 1. The quantitative estimate of drug-likeness (QED) is 0.940. The largest absolute Gasteiger partial charge is 0.481 e. The van der Waals surface area contributed by atoms with Crippen molar-refractivity contribution in [3.05, 3.63) is 45.3 Å². The molecule has 0 unspecified atom stereocenters. The summed E-state index contributed by atoms with van der Waals surface area (Å²) in [6, 6.07) is 5.73. The van der Waals surface area contributed by atoms with Gasteiger partial charge in [0.05, 0.1) is 12.0 Å². The molecule has 0 aromatic carbocycles. The molecule has 0 spiro atoms. The minimum atomic E-state index is 0.000202. The third kappa shape index (κ3) is 2.67. The molecule has 4 nitrogen and oxygen atoms in total. The molecule has 3 rings (SSSR count). The fraction of sp³-hybridized carbons (Fsp3) is 0.333. The molecule has 0 bridgehead atoms.